The molecule has 0 saturated heterocycles. The molecule has 2 N–H and O–H groups in total. The molecule has 0 saturated carbocycles. The fourth-order valence-electron chi connectivity index (χ4n) is 2.86. The summed E-state index contributed by atoms with van der Waals surface area (Å²) in [7, 11) is 0. The molecule has 0 radical (unpaired) electrons. The Hall–Kier alpha value is -2.87. The van der Waals surface area contributed by atoms with Gasteiger partial charge in [-0.25, -0.2) is 0 Å². The summed E-state index contributed by atoms with van der Waals surface area (Å²) in [6, 6.07) is 17.1. The van der Waals surface area contributed by atoms with Crippen molar-refractivity contribution < 1.29 is 19.1 Å². The molecular formula is C22H16Cl2N2O4S. The van der Waals surface area contributed by atoms with Crippen LogP contribution in [0.2, 0.25) is 10.0 Å². The van der Waals surface area contributed by atoms with Crippen LogP contribution in [0.15, 0.2) is 65.6 Å². The highest BCUT2D eigenvalue weighted by Gasteiger charge is 2.15. The van der Waals surface area contributed by atoms with Crippen LogP contribution in [0.3, 0.4) is 0 Å². The number of ether oxygens (including phenoxy) is 2. The van der Waals surface area contributed by atoms with Gasteiger partial charge in [-0.05, 0) is 48.5 Å². The predicted octanol–water partition coefficient (Wildman–Crippen LogP) is 5.71. The van der Waals surface area contributed by atoms with Gasteiger partial charge in [0.15, 0.2) is 11.5 Å². The summed E-state index contributed by atoms with van der Waals surface area (Å²) in [4.78, 5) is 25.6. The Balaban J connectivity index is 1.34. The zero-order chi connectivity index (χ0) is 21.8. The maximum atomic E-state index is 12.5. The largest absolute Gasteiger partial charge is 0.454 e. The first-order valence-electron chi connectivity index (χ1n) is 9.17. The van der Waals surface area contributed by atoms with Crippen molar-refractivity contribution in [2.24, 2.45) is 0 Å². The van der Waals surface area contributed by atoms with Gasteiger partial charge in [0.05, 0.1) is 16.3 Å². The summed E-state index contributed by atoms with van der Waals surface area (Å²) >= 11 is 13.3. The maximum Gasteiger partial charge on any atom is 0.257 e. The lowest BCUT2D eigenvalue weighted by Crippen LogP contribution is -2.14. The average Bonchev–Trinajstić information content (AvgIpc) is 3.20. The van der Waals surface area contributed by atoms with Gasteiger partial charge in [0.25, 0.3) is 5.91 Å². The second-order valence-corrected chi connectivity index (χ2v) is 8.40. The van der Waals surface area contributed by atoms with Gasteiger partial charge in [0.2, 0.25) is 12.7 Å². The van der Waals surface area contributed by atoms with Crippen LogP contribution in [0.4, 0.5) is 11.4 Å². The third-order valence-electron chi connectivity index (χ3n) is 4.29. The lowest BCUT2D eigenvalue weighted by atomic mass is 10.2. The van der Waals surface area contributed by atoms with E-state index < -0.39 is 0 Å². The molecule has 2 amide bonds. The smallest absolute Gasteiger partial charge is 0.257 e. The van der Waals surface area contributed by atoms with Crippen LogP contribution in [0.25, 0.3) is 0 Å². The quantitative estimate of drug-likeness (QED) is 0.447. The van der Waals surface area contributed by atoms with Crippen LogP contribution < -0.4 is 20.1 Å². The third kappa shape index (κ3) is 5.44. The molecule has 0 atom stereocenters. The highest BCUT2D eigenvalue weighted by molar-refractivity contribution is 8.00. The van der Waals surface area contributed by atoms with Gasteiger partial charge < -0.3 is 20.1 Å². The monoisotopic (exact) mass is 474 g/mol. The molecule has 31 heavy (non-hydrogen) atoms. The molecule has 1 aliphatic rings. The Morgan fingerprint density at radius 2 is 1.71 bits per heavy atom. The van der Waals surface area contributed by atoms with Crippen molar-refractivity contribution in [3.63, 3.8) is 0 Å². The number of rotatable bonds is 6. The first-order chi connectivity index (χ1) is 15.0. The van der Waals surface area contributed by atoms with E-state index in [9.17, 15) is 9.59 Å². The predicted molar refractivity (Wildman–Crippen MR) is 123 cm³/mol. The first-order valence-corrected chi connectivity index (χ1v) is 10.9. The van der Waals surface area contributed by atoms with Crippen LogP contribution in [-0.4, -0.2) is 24.4 Å². The summed E-state index contributed by atoms with van der Waals surface area (Å²) in [6.45, 7) is 0.180. The molecule has 0 aliphatic carbocycles. The minimum atomic E-state index is -0.343. The first kappa shape index (κ1) is 21.4. The number of fused-ring (bicyclic) bond motifs is 1. The van der Waals surface area contributed by atoms with Crippen molar-refractivity contribution in [3.8, 4) is 11.5 Å². The number of anilines is 2. The van der Waals surface area contributed by atoms with E-state index in [1.807, 2.05) is 6.07 Å². The molecule has 0 unspecified atom stereocenters. The minimum Gasteiger partial charge on any atom is -0.454 e. The molecule has 6 nitrogen and oxygen atoms in total. The lowest BCUT2D eigenvalue weighted by Gasteiger charge is -2.09. The van der Waals surface area contributed by atoms with Crippen molar-refractivity contribution in [1.29, 1.82) is 0 Å². The SMILES string of the molecule is O=C(CSc1cccc(NC(=O)c2ccc(Cl)cc2Cl)c1)Nc1ccc2c(c1)OCO2. The van der Waals surface area contributed by atoms with Crippen LogP contribution in [-0.2, 0) is 4.79 Å². The molecule has 0 spiro atoms. The zero-order valence-electron chi connectivity index (χ0n) is 16.0. The van der Waals surface area contributed by atoms with Gasteiger partial charge >= 0.3 is 0 Å². The number of nitrogens with one attached hydrogen (secondary N) is 2. The van der Waals surface area contributed by atoms with E-state index in [1.54, 1.807) is 48.5 Å². The molecule has 1 aliphatic heterocycles. The molecule has 3 aromatic carbocycles. The molecule has 1 heterocycles. The van der Waals surface area contributed by atoms with E-state index in [0.29, 0.717) is 33.5 Å². The second-order valence-electron chi connectivity index (χ2n) is 6.51. The number of halogens is 2. The molecular weight excluding hydrogens is 459 g/mol. The Kier molecular flexibility index (Phi) is 6.56. The number of benzene rings is 3. The summed E-state index contributed by atoms with van der Waals surface area (Å²) in [5.41, 5.74) is 1.56. The normalized spacial score (nSPS) is 11.8. The number of thioether (sulfide) groups is 1. The van der Waals surface area contributed by atoms with Crippen LogP contribution in [0.5, 0.6) is 11.5 Å². The average molecular weight is 475 g/mol. The number of amides is 2. The second kappa shape index (κ2) is 9.51. The fraction of sp³-hybridized carbons (Fsp3) is 0.0909. The van der Waals surface area contributed by atoms with Gasteiger partial charge in [-0.1, -0.05) is 29.3 Å². The van der Waals surface area contributed by atoms with E-state index in [-0.39, 0.29) is 29.4 Å². The summed E-state index contributed by atoms with van der Waals surface area (Å²) in [6.07, 6.45) is 0. The number of hydrogen-bond acceptors (Lipinski definition) is 5. The summed E-state index contributed by atoms with van der Waals surface area (Å²) in [5.74, 6) is 0.964. The molecule has 4 rings (SSSR count). The number of hydrogen-bond donors (Lipinski definition) is 2. The Labute approximate surface area is 192 Å². The van der Waals surface area contributed by atoms with E-state index in [4.69, 9.17) is 32.7 Å². The van der Waals surface area contributed by atoms with Crippen LogP contribution in [0.1, 0.15) is 10.4 Å². The van der Waals surface area contributed by atoms with Crippen molar-refractivity contribution in [2.45, 2.75) is 4.90 Å². The summed E-state index contributed by atoms with van der Waals surface area (Å²) < 4.78 is 10.6. The maximum absolute atomic E-state index is 12.5. The highest BCUT2D eigenvalue weighted by Crippen LogP contribution is 2.34. The Morgan fingerprint density at radius 1 is 0.903 bits per heavy atom. The third-order valence-corrected chi connectivity index (χ3v) is 5.84. The van der Waals surface area contributed by atoms with Gasteiger partial charge in [-0.15, -0.1) is 11.8 Å². The Morgan fingerprint density at radius 3 is 2.55 bits per heavy atom. The lowest BCUT2D eigenvalue weighted by molar-refractivity contribution is -0.113. The molecule has 3 aromatic rings. The molecule has 158 valence electrons. The Bertz CT molecular complexity index is 1160. The van der Waals surface area contributed by atoms with Crippen LogP contribution in [0, 0.1) is 0 Å². The standard InChI is InChI=1S/C22H16Cl2N2O4S/c23-13-4-6-17(18(24)8-13)22(28)26-14-2-1-3-16(9-14)31-11-21(27)25-15-5-7-19-20(10-15)30-12-29-19/h1-10H,11-12H2,(H,25,27)(H,26,28). The van der Waals surface area contributed by atoms with E-state index in [1.165, 1.54) is 17.8 Å². The zero-order valence-corrected chi connectivity index (χ0v) is 18.3. The van der Waals surface area contributed by atoms with Gasteiger partial charge in [-0.2, -0.15) is 0 Å². The van der Waals surface area contributed by atoms with E-state index in [2.05, 4.69) is 10.6 Å². The van der Waals surface area contributed by atoms with Crippen molar-refractivity contribution in [2.75, 3.05) is 23.2 Å². The van der Waals surface area contributed by atoms with Crippen molar-refractivity contribution in [3.05, 3.63) is 76.3 Å². The number of carbonyl (C=O) groups is 2. The topological polar surface area (TPSA) is 76.7 Å². The van der Waals surface area contributed by atoms with E-state index in [0.717, 1.165) is 4.90 Å². The molecule has 0 fully saturated rings. The molecule has 0 bridgehead atoms. The van der Waals surface area contributed by atoms with Gasteiger partial charge in [0, 0.05) is 27.4 Å². The number of carbonyl (C=O) groups excluding carboxylic acids is 2. The van der Waals surface area contributed by atoms with E-state index >= 15 is 0 Å². The highest BCUT2D eigenvalue weighted by atomic mass is 35.5. The molecule has 0 aromatic heterocycles. The fourth-order valence-corrected chi connectivity index (χ4v) is 4.11. The van der Waals surface area contributed by atoms with Crippen LogP contribution >= 0.6 is 35.0 Å². The summed E-state index contributed by atoms with van der Waals surface area (Å²) in [5, 5.41) is 6.37. The molecule has 9 heteroatoms. The van der Waals surface area contributed by atoms with Crippen molar-refractivity contribution in [1.82, 2.24) is 0 Å². The van der Waals surface area contributed by atoms with Gasteiger partial charge in [-0.3, -0.25) is 9.59 Å². The van der Waals surface area contributed by atoms with Crippen molar-refractivity contribution >= 4 is 58.2 Å². The minimum absolute atomic E-state index is 0.161. The van der Waals surface area contributed by atoms with Gasteiger partial charge in [0.1, 0.15) is 0 Å².